The first-order valence-electron chi connectivity index (χ1n) is 24.8. The highest BCUT2D eigenvalue weighted by Crippen LogP contribution is 2.58. The summed E-state index contributed by atoms with van der Waals surface area (Å²) in [6.07, 6.45) is 0. The molecule has 0 atom stereocenters. The molecule has 2 aliphatic rings. The van der Waals surface area contributed by atoms with Crippen molar-refractivity contribution in [1.82, 2.24) is 0 Å². The zero-order valence-corrected chi connectivity index (χ0v) is 39.9. The van der Waals surface area contributed by atoms with Crippen molar-refractivity contribution in [2.75, 3.05) is 4.90 Å². The van der Waals surface area contributed by atoms with Crippen LogP contribution in [0.25, 0.3) is 66.8 Å². The third-order valence-electron chi connectivity index (χ3n) is 15.4. The summed E-state index contributed by atoms with van der Waals surface area (Å²) in [7, 11) is 0. The van der Waals surface area contributed by atoms with E-state index in [1.165, 1.54) is 94.6 Å². The van der Waals surface area contributed by atoms with E-state index in [-0.39, 0.29) is 5.41 Å². The largest absolute Gasteiger partial charge is 0.310 e. The van der Waals surface area contributed by atoms with E-state index in [0.717, 1.165) is 22.6 Å². The minimum absolute atomic E-state index is 0.253. The molecule has 13 rings (SSSR count). The van der Waals surface area contributed by atoms with Gasteiger partial charge >= 0.3 is 0 Å². The maximum atomic E-state index is 2.54. The second kappa shape index (κ2) is 17.0. The third kappa shape index (κ3) is 6.84. The molecule has 0 unspecified atom stereocenters. The second-order valence-corrected chi connectivity index (χ2v) is 19.6. The van der Waals surface area contributed by atoms with E-state index in [0.29, 0.717) is 0 Å². The van der Waals surface area contributed by atoms with Gasteiger partial charge < -0.3 is 4.90 Å². The van der Waals surface area contributed by atoms with Crippen LogP contribution in [0, 0.1) is 0 Å². The lowest BCUT2D eigenvalue weighted by molar-refractivity contribution is 0.660. The standard InChI is InChI=1S/C70H51N/c1-69(2)64-45-53(49-23-10-4-11-24-49)39-42-60(64)61-43-40-56(46-65(61)69)71(67-34-20-32-58(68(67)52-25-12-5-13-26-52)51-37-35-50(36-38-51)48-21-8-3-9-22-48)57-41-44-62-59-31-18-19-33-63(59)70(66(62)47-57,54-27-14-6-15-28-54)55-29-16-7-17-30-55/h3-47H,1-2H3. The van der Waals surface area contributed by atoms with Crippen LogP contribution in [0.4, 0.5) is 17.1 Å². The lowest BCUT2D eigenvalue weighted by Crippen LogP contribution is -2.28. The molecule has 1 nitrogen and oxygen atoms in total. The van der Waals surface area contributed by atoms with Gasteiger partial charge in [-0.25, -0.2) is 0 Å². The molecule has 336 valence electrons. The van der Waals surface area contributed by atoms with Crippen LogP contribution in [0.5, 0.6) is 0 Å². The molecule has 11 aromatic rings. The Bertz CT molecular complexity index is 3700. The second-order valence-electron chi connectivity index (χ2n) is 19.6. The normalized spacial score (nSPS) is 13.4. The Kier molecular flexibility index (Phi) is 10.1. The smallest absolute Gasteiger partial charge is 0.0714 e. The van der Waals surface area contributed by atoms with E-state index in [9.17, 15) is 0 Å². The molecule has 0 saturated heterocycles. The summed E-state index contributed by atoms with van der Waals surface area (Å²) < 4.78 is 0. The molecule has 0 radical (unpaired) electrons. The van der Waals surface area contributed by atoms with Crippen LogP contribution in [0.1, 0.15) is 47.2 Å². The topological polar surface area (TPSA) is 3.24 Å². The lowest BCUT2D eigenvalue weighted by atomic mass is 9.67. The Balaban J connectivity index is 1.06. The fourth-order valence-corrected chi connectivity index (χ4v) is 12.0. The van der Waals surface area contributed by atoms with Crippen molar-refractivity contribution in [1.29, 1.82) is 0 Å². The van der Waals surface area contributed by atoms with E-state index in [4.69, 9.17) is 0 Å². The lowest BCUT2D eigenvalue weighted by Gasteiger charge is -2.35. The van der Waals surface area contributed by atoms with Crippen LogP contribution < -0.4 is 4.90 Å². The van der Waals surface area contributed by atoms with E-state index >= 15 is 0 Å². The Morgan fingerprint density at radius 3 is 1.28 bits per heavy atom. The van der Waals surface area contributed by atoms with Crippen LogP contribution in [0.15, 0.2) is 273 Å². The van der Waals surface area contributed by atoms with Crippen LogP contribution in [-0.2, 0) is 10.8 Å². The molecule has 0 heterocycles. The summed E-state index contributed by atoms with van der Waals surface area (Å²) >= 11 is 0. The number of benzene rings is 11. The van der Waals surface area contributed by atoms with E-state index in [1.54, 1.807) is 0 Å². The molecule has 0 amide bonds. The Morgan fingerprint density at radius 2 is 0.676 bits per heavy atom. The molecular weight excluding hydrogens is 855 g/mol. The van der Waals surface area contributed by atoms with Gasteiger partial charge in [-0.2, -0.15) is 0 Å². The summed E-state index contributed by atoms with van der Waals surface area (Å²) in [5.41, 5.74) is 25.0. The van der Waals surface area contributed by atoms with E-state index < -0.39 is 5.41 Å². The van der Waals surface area contributed by atoms with Crippen LogP contribution in [-0.4, -0.2) is 0 Å². The monoisotopic (exact) mass is 905 g/mol. The molecule has 11 aromatic carbocycles. The van der Waals surface area contributed by atoms with Crippen LogP contribution in [0.3, 0.4) is 0 Å². The van der Waals surface area contributed by atoms with Gasteiger partial charge in [0.25, 0.3) is 0 Å². The van der Waals surface area contributed by atoms with Crippen LogP contribution in [0.2, 0.25) is 0 Å². The molecule has 0 bridgehead atoms. The van der Waals surface area contributed by atoms with Crippen molar-refractivity contribution >= 4 is 17.1 Å². The van der Waals surface area contributed by atoms with Crippen molar-refractivity contribution in [3.8, 4) is 66.8 Å². The van der Waals surface area contributed by atoms with Crippen molar-refractivity contribution in [2.45, 2.75) is 24.7 Å². The zero-order chi connectivity index (χ0) is 47.5. The molecule has 0 saturated carbocycles. The van der Waals surface area contributed by atoms with Crippen molar-refractivity contribution < 1.29 is 0 Å². The Hall–Kier alpha value is -8.78. The highest BCUT2D eigenvalue weighted by atomic mass is 15.1. The van der Waals surface area contributed by atoms with E-state index in [1.807, 2.05) is 0 Å². The summed E-state index contributed by atoms with van der Waals surface area (Å²) in [5.74, 6) is 0. The summed E-state index contributed by atoms with van der Waals surface area (Å²) in [4.78, 5) is 2.54. The molecule has 2 aliphatic carbocycles. The maximum absolute atomic E-state index is 2.54. The first-order valence-corrected chi connectivity index (χ1v) is 24.8. The first kappa shape index (κ1) is 42.3. The van der Waals surface area contributed by atoms with Gasteiger partial charge in [0.1, 0.15) is 0 Å². The molecular formula is C70H51N. The molecule has 1 heteroatoms. The highest BCUT2D eigenvalue weighted by molar-refractivity contribution is 5.99. The minimum Gasteiger partial charge on any atom is -0.310 e. The number of fused-ring (bicyclic) bond motifs is 6. The summed E-state index contributed by atoms with van der Waals surface area (Å²) in [6.45, 7) is 4.80. The number of hydrogen-bond donors (Lipinski definition) is 0. The average Bonchev–Trinajstić information content (AvgIpc) is 3.86. The molecule has 0 N–H and O–H groups in total. The van der Waals surface area contributed by atoms with Crippen molar-refractivity contribution in [3.05, 3.63) is 306 Å². The van der Waals surface area contributed by atoms with Gasteiger partial charge in [0, 0.05) is 22.4 Å². The predicted molar refractivity (Wildman–Crippen MR) is 298 cm³/mol. The Labute approximate surface area is 417 Å². The number of nitrogens with zero attached hydrogens (tertiary/aromatic N) is 1. The maximum Gasteiger partial charge on any atom is 0.0714 e. The Morgan fingerprint density at radius 1 is 0.268 bits per heavy atom. The predicted octanol–water partition coefficient (Wildman–Crippen LogP) is 18.5. The fraction of sp³-hybridized carbons (Fsp3) is 0.0571. The molecule has 0 aliphatic heterocycles. The van der Waals surface area contributed by atoms with Crippen LogP contribution >= 0.6 is 0 Å². The number of anilines is 3. The molecule has 0 aromatic heterocycles. The first-order chi connectivity index (χ1) is 35.0. The quantitative estimate of drug-likeness (QED) is 0.139. The fourth-order valence-electron chi connectivity index (χ4n) is 12.0. The average molecular weight is 906 g/mol. The number of hydrogen-bond acceptors (Lipinski definition) is 1. The summed E-state index contributed by atoms with van der Waals surface area (Å²) in [5, 5.41) is 0. The minimum atomic E-state index is -0.557. The van der Waals surface area contributed by atoms with Gasteiger partial charge in [-0.15, -0.1) is 0 Å². The molecule has 0 spiro atoms. The van der Waals surface area contributed by atoms with Crippen molar-refractivity contribution in [2.24, 2.45) is 0 Å². The zero-order valence-electron chi connectivity index (χ0n) is 39.9. The molecule has 71 heavy (non-hydrogen) atoms. The molecule has 0 fully saturated rings. The third-order valence-corrected chi connectivity index (χ3v) is 15.4. The van der Waals surface area contributed by atoms with E-state index in [2.05, 4.69) is 292 Å². The van der Waals surface area contributed by atoms with Gasteiger partial charge in [-0.05, 0) is 131 Å². The van der Waals surface area contributed by atoms with Gasteiger partial charge in [0.15, 0.2) is 0 Å². The SMILES string of the molecule is CC1(C)c2cc(-c3ccccc3)ccc2-c2ccc(N(c3ccc4c(c3)C(c3ccccc3)(c3ccccc3)c3ccccc3-4)c3cccc(-c4ccc(-c5ccccc5)cc4)c3-c3ccccc3)cc21. The number of rotatable bonds is 9. The van der Waals surface area contributed by atoms with Gasteiger partial charge in [0.2, 0.25) is 0 Å². The van der Waals surface area contributed by atoms with Gasteiger partial charge in [-0.3, -0.25) is 0 Å². The highest BCUT2D eigenvalue weighted by Gasteiger charge is 2.46. The van der Waals surface area contributed by atoms with Gasteiger partial charge in [0.05, 0.1) is 11.1 Å². The van der Waals surface area contributed by atoms with Gasteiger partial charge in [-0.1, -0.05) is 250 Å². The summed E-state index contributed by atoms with van der Waals surface area (Å²) in [6, 6.07) is 101. The van der Waals surface area contributed by atoms with Crippen molar-refractivity contribution in [3.63, 3.8) is 0 Å².